The van der Waals surface area contributed by atoms with Crippen molar-refractivity contribution in [3.05, 3.63) is 26.6 Å². The highest BCUT2D eigenvalue weighted by Crippen LogP contribution is 2.31. The number of nitrogens with one attached hydrogen (secondary N) is 1. The van der Waals surface area contributed by atoms with Crippen molar-refractivity contribution in [1.29, 1.82) is 0 Å². The first-order valence-electron chi connectivity index (χ1n) is 6.54. The molecule has 1 atom stereocenters. The van der Waals surface area contributed by atoms with Gasteiger partial charge in [0.15, 0.2) is 0 Å². The van der Waals surface area contributed by atoms with Crippen LogP contribution in [0.15, 0.2) is 21.1 Å². The zero-order valence-electron chi connectivity index (χ0n) is 11.9. The summed E-state index contributed by atoms with van der Waals surface area (Å²) < 4.78 is 6.01. The van der Waals surface area contributed by atoms with E-state index in [0.717, 1.165) is 12.8 Å². The summed E-state index contributed by atoms with van der Waals surface area (Å²) in [5.41, 5.74) is 6.46. The lowest BCUT2D eigenvalue weighted by molar-refractivity contribution is -0.117. The first-order valence-corrected chi connectivity index (χ1v) is 8.13. The minimum absolute atomic E-state index is 0.259. The Morgan fingerprint density at radius 2 is 2.05 bits per heavy atom. The summed E-state index contributed by atoms with van der Waals surface area (Å²) in [4.78, 5) is 23.9. The first-order chi connectivity index (χ1) is 9.90. The second kappa shape index (κ2) is 8.51. The van der Waals surface area contributed by atoms with Gasteiger partial charge < -0.3 is 15.8 Å². The van der Waals surface area contributed by atoms with Crippen LogP contribution >= 0.6 is 31.9 Å². The van der Waals surface area contributed by atoms with E-state index in [2.05, 4.69) is 37.2 Å². The fourth-order valence-electron chi connectivity index (χ4n) is 1.74. The number of hydrogen-bond acceptors (Lipinski definition) is 4. The van der Waals surface area contributed by atoms with Crippen molar-refractivity contribution in [3.8, 4) is 0 Å². The number of rotatable bonds is 6. The normalized spacial score (nSPS) is 11.9. The highest BCUT2D eigenvalue weighted by molar-refractivity contribution is 9.11. The molecule has 1 amide bonds. The number of amides is 1. The summed E-state index contributed by atoms with van der Waals surface area (Å²) in [7, 11) is 1.29. The Hall–Kier alpha value is -0.920. The van der Waals surface area contributed by atoms with Crippen LogP contribution in [-0.4, -0.2) is 25.0 Å². The number of nitrogens with two attached hydrogens (primary N) is 1. The fraction of sp³-hybridized carbons (Fsp3) is 0.429. The van der Waals surface area contributed by atoms with Crippen LogP contribution in [-0.2, 0) is 9.53 Å². The molecule has 0 bridgehead atoms. The Balaban J connectivity index is 3.01. The molecule has 1 aromatic carbocycles. The largest absolute Gasteiger partial charge is 0.465 e. The molecule has 0 aliphatic heterocycles. The van der Waals surface area contributed by atoms with E-state index in [1.807, 2.05) is 6.92 Å². The monoisotopic (exact) mass is 420 g/mol. The van der Waals surface area contributed by atoms with Crippen LogP contribution in [0.5, 0.6) is 0 Å². The number of carbonyl (C=O) groups is 2. The molecule has 5 nitrogen and oxygen atoms in total. The van der Waals surface area contributed by atoms with Crippen LogP contribution in [0.3, 0.4) is 0 Å². The standard InChI is InChI=1S/C14H18Br2N2O3/c1-3-4-5-11(17)13(19)18-12-9(14(20)21-2)6-8(15)7-10(12)16/h6-7,11H,3-5,17H2,1-2H3,(H,18,19). The molecule has 0 saturated heterocycles. The van der Waals surface area contributed by atoms with Gasteiger partial charge in [0.05, 0.1) is 24.4 Å². The van der Waals surface area contributed by atoms with Gasteiger partial charge in [-0.25, -0.2) is 4.79 Å². The molecule has 116 valence electrons. The Bertz CT molecular complexity index is 535. The molecular weight excluding hydrogens is 404 g/mol. The average molecular weight is 422 g/mol. The molecule has 3 N–H and O–H groups in total. The third kappa shape index (κ3) is 5.09. The van der Waals surface area contributed by atoms with Crippen LogP contribution < -0.4 is 11.1 Å². The summed E-state index contributed by atoms with van der Waals surface area (Å²) in [6, 6.07) is 2.72. The predicted octanol–water partition coefficient (Wildman–Crippen LogP) is 3.45. The van der Waals surface area contributed by atoms with E-state index < -0.39 is 12.0 Å². The Kier molecular flexibility index (Phi) is 7.34. The zero-order valence-corrected chi connectivity index (χ0v) is 15.1. The van der Waals surface area contributed by atoms with Crippen LogP contribution in [0.1, 0.15) is 36.5 Å². The Labute approximate surface area is 140 Å². The van der Waals surface area contributed by atoms with Gasteiger partial charge in [-0.3, -0.25) is 4.79 Å². The number of hydrogen-bond donors (Lipinski definition) is 2. The van der Waals surface area contributed by atoms with Crippen LogP contribution in [0, 0.1) is 0 Å². The van der Waals surface area contributed by atoms with Gasteiger partial charge in [-0.15, -0.1) is 0 Å². The third-order valence-corrected chi connectivity index (χ3v) is 4.00. The van der Waals surface area contributed by atoms with E-state index >= 15 is 0 Å². The molecule has 0 saturated carbocycles. The van der Waals surface area contributed by atoms with E-state index in [1.165, 1.54) is 7.11 Å². The van der Waals surface area contributed by atoms with Crippen molar-refractivity contribution in [2.75, 3.05) is 12.4 Å². The minimum atomic E-state index is -0.606. The number of benzene rings is 1. The summed E-state index contributed by atoms with van der Waals surface area (Å²) in [5.74, 6) is -0.856. The van der Waals surface area contributed by atoms with E-state index in [9.17, 15) is 9.59 Å². The van der Waals surface area contributed by atoms with Crippen LogP contribution in [0.2, 0.25) is 0 Å². The van der Waals surface area contributed by atoms with Crippen molar-refractivity contribution in [2.45, 2.75) is 32.2 Å². The lowest BCUT2D eigenvalue weighted by Gasteiger charge is -2.15. The molecule has 1 unspecified atom stereocenters. The second-order valence-corrected chi connectivity index (χ2v) is 6.31. The molecule has 1 aromatic rings. The average Bonchev–Trinajstić information content (AvgIpc) is 2.45. The molecule has 0 aliphatic rings. The lowest BCUT2D eigenvalue weighted by Crippen LogP contribution is -2.36. The third-order valence-electron chi connectivity index (χ3n) is 2.91. The summed E-state index contributed by atoms with van der Waals surface area (Å²) in [5, 5.41) is 2.70. The minimum Gasteiger partial charge on any atom is -0.465 e. The van der Waals surface area contributed by atoms with E-state index in [0.29, 0.717) is 21.1 Å². The first kappa shape index (κ1) is 18.1. The Morgan fingerprint density at radius 3 is 2.62 bits per heavy atom. The maximum atomic E-state index is 12.1. The molecule has 0 aromatic heterocycles. The maximum Gasteiger partial charge on any atom is 0.340 e. The number of esters is 1. The number of ether oxygens (including phenoxy) is 1. The summed E-state index contributed by atoms with van der Waals surface area (Å²) >= 11 is 6.63. The van der Waals surface area contributed by atoms with Gasteiger partial charge in [0.25, 0.3) is 0 Å². The number of unbranched alkanes of at least 4 members (excludes halogenated alkanes) is 1. The number of halogens is 2. The van der Waals surface area contributed by atoms with E-state index in [-0.39, 0.29) is 11.5 Å². The molecule has 0 heterocycles. The smallest absolute Gasteiger partial charge is 0.340 e. The molecule has 1 rings (SSSR count). The second-order valence-electron chi connectivity index (χ2n) is 4.54. The topological polar surface area (TPSA) is 81.4 Å². The molecule has 0 radical (unpaired) electrons. The molecule has 21 heavy (non-hydrogen) atoms. The highest BCUT2D eigenvalue weighted by Gasteiger charge is 2.20. The van der Waals surface area contributed by atoms with Gasteiger partial charge in [0.1, 0.15) is 0 Å². The predicted molar refractivity (Wildman–Crippen MR) is 89.3 cm³/mol. The molecule has 0 aliphatic carbocycles. The molecule has 7 heteroatoms. The van der Waals surface area contributed by atoms with Gasteiger partial charge in [-0.2, -0.15) is 0 Å². The zero-order chi connectivity index (χ0) is 16.0. The van der Waals surface area contributed by atoms with Crippen molar-refractivity contribution >= 4 is 49.4 Å². The van der Waals surface area contributed by atoms with Crippen molar-refractivity contribution in [2.24, 2.45) is 5.73 Å². The van der Waals surface area contributed by atoms with Crippen molar-refractivity contribution in [3.63, 3.8) is 0 Å². The number of anilines is 1. The quantitative estimate of drug-likeness (QED) is 0.689. The van der Waals surface area contributed by atoms with E-state index in [1.54, 1.807) is 12.1 Å². The van der Waals surface area contributed by atoms with Crippen molar-refractivity contribution < 1.29 is 14.3 Å². The maximum absolute atomic E-state index is 12.1. The van der Waals surface area contributed by atoms with Gasteiger partial charge >= 0.3 is 5.97 Å². The lowest BCUT2D eigenvalue weighted by atomic mass is 10.1. The number of methoxy groups -OCH3 is 1. The van der Waals surface area contributed by atoms with Gasteiger partial charge in [0.2, 0.25) is 5.91 Å². The summed E-state index contributed by atoms with van der Waals surface area (Å²) in [6.07, 6.45) is 2.44. The van der Waals surface area contributed by atoms with E-state index in [4.69, 9.17) is 10.5 Å². The molecule has 0 fully saturated rings. The molecule has 0 spiro atoms. The van der Waals surface area contributed by atoms with Gasteiger partial charge in [-0.05, 0) is 34.5 Å². The fourth-order valence-corrected chi connectivity index (χ4v) is 3.07. The molecular formula is C14H18Br2N2O3. The highest BCUT2D eigenvalue weighted by atomic mass is 79.9. The summed E-state index contributed by atoms with van der Waals surface area (Å²) in [6.45, 7) is 2.03. The number of carbonyl (C=O) groups excluding carboxylic acids is 2. The Morgan fingerprint density at radius 1 is 1.38 bits per heavy atom. The van der Waals surface area contributed by atoms with Crippen LogP contribution in [0.4, 0.5) is 5.69 Å². The SMILES string of the molecule is CCCCC(N)C(=O)Nc1c(Br)cc(Br)cc1C(=O)OC. The van der Waals surface area contributed by atoms with Crippen LogP contribution in [0.25, 0.3) is 0 Å². The van der Waals surface area contributed by atoms with Gasteiger partial charge in [0, 0.05) is 8.95 Å². The van der Waals surface area contributed by atoms with Gasteiger partial charge in [-0.1, -0.05) is 35.7 Å². The van der Waals surface area contributed by atoms with Crippen molar-refractivity contribution in [1.82, 2.24) is 0 Å².